The number of carbonyl (C=O) groups excluding carboxylic acids is 1. The molecular weight excluding hydrogens is 384 g/mol. The van der Waals surface area contributed by atoms with E-state index >= 15 is 0 Å². The van der Waals surface area contributed by atoms with Crippen LogP contribution in [-0.2, 0) is 16.2 Å². The van der Waals surface area contributed by atoms with Crippen LogP contribution in [-0.4, -0.2) is 29.8 Å². The Morgan fingerprint density at radius 1 is 0.903 bits per heavy atom. The Morgan fingerprint density at radius 3 is 1.84 bits per heavy atom. The molecular formula is C27H28N2O2. The molecule has 4 heteroatoms. The van der Waals surface area contributed by atoms with Gasteiger partial charge in [0.1, 0.15) is 6.04 Å². The van der Waals surface area contributed by atoms with Crippen LogP contribution in [0.3, 0.4) is 0 Å². The number of benzene rings is 3. The molecule has 158 valence electrons. The fraction of sp³-hybridized carbons (Fsp3) is 0.185. The molecule has 0 saturated heterocycles. The summed E-state index contributed by atoms with van der Waals surface area (Å²) >= 11 is 0. The van der Waals surface area contributed by atoms with Gasteiger partial charge in [0.25, 0.3) is 5.91 Å². The standard InChI is InChI=1S/C27H28N2O2/c1-21(2)19-25(27(30)29(31-3)20-22-13-7-4-8-14-22)28-26(23-15-9-5-10-16-23)24-17-11-6-12-18-24/h4-18,25H,1,19-20H2,2-3H3/t25-/m1/s1. The molecule has 0 aliphatic heterocycles. The van der Waals surface area contributed by atoms with Crippen LogP contribution in [0, 0.1) is 0 Å². The van der Waals surface area contributed by atoms with E-state index in [1.165, 1.54) is 12.2 Å². The Kier molecular flexibility index (Phi) is 7.91. The second-order valence-electron chi connectivity index (χ2n) is 7.43. The highest BCUT2D eigenvalue weighted by Crippen LogP contribution is 2.18. The zero-order valence-corrected chi connectivity index (χ0v) is 18.1. The van der Waals surface area contributed by atoms with Gasteiger partial charge in [0, 0.05) is 11.1 Å². The van der Waals surface area contributed by atoms with Crippen LogP contribution in [0.2, 0.25) is 0 Å². The average Bonchev–Trinajstić information content (AvgIpc) is 2.81. The Balaban J connectivity index is 1.99. The van der Waals surface area contributed by atoms with E-state index in [1.54, 1.807) is 0 Å². The summed E-state index contributed by atoms with van der Waals surface area (Å²) < 4.78 is 0. The molecule has 1 atom stereocenters. The highest BCUT2D eigenvalue weighted by atomic mass is 16.7. The van der Waals surface area contributed by atoms with Crippen molar-refractivity contribution in [3.63, 3.8) is 0 Å². The summed E-state index contributed by atoms with van der Waals surface area (Å²) in [5.41, 5.74) is 4.57. The fourth-order valence-corrected chi connectivity index (χ4v) is 3.33. The molecule has 0 N–H and O–H groups in total. The topological polar surface area (TPSA) is 41.9 Å². The highest BCUT2D eigenvalue weighted by Gasteiger charge is 2.26. The molecule has 3 aromatic rings. The maximum absolute atomic E-state index is 13.5. The first-order chi connectivity index (χ1) is 15.1. The maximum Gasteiger partial charge on any atom is 0.271 e. The summed E-state index contributed by atoms with van der Waals surface area (Å²) in [6.07, 6.45) is 0.441. The number of aliphatic imine (C=N–C) groups is 1. The van der Waals surface area contributed by atoms with Crippen LogP contribution >= 0.6 is 0 Å². The predicted octanol–water partition coefficient (Wildman–Crippen LogP) is 5.45. The van der Waals surface area contributed by atoms with Crippen molar-refractivity contribution < 1.29 is 9.63 Å². The number of rotatable bonds is 9. The number of hydrogen-bond donors (Lipinski definition) is 0. The molecule has 0 unspecified atom stereocenters. The summed E-state index contributed by atoms with van der Waals surface area (Å²) in [5.74, 6) is -0.196. The highest BCUT2D eigenvalue weighted by molar-refractivity contribution is 6.13. The molecule has 31 heavy (non-hydrogen) atoms. The first-order valence-corrected chi connectivity index (χ1v) is 10.3. The van der Waals surface area contributed by atoms with Crippen LogP contribution in [0.5, 0.6) is 0 Å². The SMILES string of the molecule is C=C(C)C[C@@H](N=C(c1ccccc1)c1ccccc1)C(=O)N(Cc1ccccc1)OC. The molecule has 0 saturated carbocycles. The smallest absolute Gasteiger partial charge is 0.271 e. The van der Waals surface area contributed by atoms with Gasteiger partial charge in [0.15, 0.2) is 0 Å². The molecule has 0 spiro atoms. The quantitative estimate of drug-likeness (QED) is 0.266. The Labute approximate surface area is 184 Å². The molecule has 0 radical (unpaired) electrons. The molecule has 0 bridgehead atoms. The van der Waals surface area contributed by atoms with Crippen LogP contribution in [0.25, 0.3) is 0 Å². The van der Waals surface area contributed by atoms with Crippen LogP contribution in [0.4, 0.5) is 0 Å². The van der Waals surface area contributed by atoms with Crippen molar-refractivity contribution in [3.8, 4) is 0 Å². The summed E-state index contributed by atoms with van der Waals surface area (Å²) in [6, 6.07) is 29.0. The molecule has 3 aromatic carbocycles. The van der Waals surface area contributed by atoms with E-state index in [9.17, 15) is 4.79 Å². The van der Waals surface area contributed by atoms with Gasteiger partial charge in [-0.05, 0) is 18.9 Å². The van der Waals surface area contributed by atoms with Gasteiger partial charge in [-0.25, -0.2) is 5.06 Å². The van der Waals surface area contributed by atoms with E-state index in [1.807, 2.05) is 97.9 Å². The largest absolute Gasteiger partial charge is 0.274 e. The van der Waals surface area contributed by atoms with Gasteiger partial charge in [-0.2, -0.15) is 0 Å². The first kappa shape index (κ1) is 22.2. The average molecular weight is 413 g/mol. The van der Waals surface area contributed by atoms with Gasteiger partial charge < -0.3 is 0 Å². The lowest BCUT2D eigenvalue weighted by Crippen LogP contribution is -2.38. The number of hydroxylamine groups is 2. The van der Waals surface area contributed by atoms with Crippen molar-refractivity contribution in [2.24, 2.45) is 4.99 Å². The second kappa shape index (κ2) is 11.0. The Morgan fingerprint density at radius 2 is 1.39 bits per heavy atom. The second-order valence-corrected chi connectivity index (χ2v) is 7.43. The molecule has 0 heterocycles. The molecule has 0 aliphatic rings. The van der Waals surface area contributed by atoms with E-state index in [0.29, 0.717) is 13.0 Å². The lowest BCUT2D eigenvalue weighted by Gasteiger charge is -2.24. The van der Waals surface area contributed by atoms with Crippen molar-refractivity contribution in [2.45, 2.75) is 25.9 Å². The summed E-state index contributed by atoms with van der Waals surface area (Å²) in [6.45, 7) is 6.28. The van der Waals surface area contributed by atoms with Crippen LogP contribution in [0.15, 0.2) is 108 Å². The normalized spacial score (nSPS) is 11.4. The number of amides is 1. The minimum absolute atomic E-state index is 0.196. The van der Waals surface area contributed by atoms with E-state index in [2.05, 4.69) is 6.58 Å². The molecule has 3 rings (SSSR count). The lowest BCUT2D eigenvalue weighted by atomic mass is 10.0. The van der Waals surface area contributed by atoms with Gasteiger partial charge in [-0.1, -0.05) is 96.6 Å². The third-order valence-corrected chi connectivity index (χ3v) is 4.84. The molecule has 1 amide bonds. The Bertz CT molecular complexity index is 973. The van der Waals surface area contributed by atoms with Gasteiger partial charge in [-0.15, -0.1) is 6.58 Å². The zero-order chi connectivity index (χ0) is 22.1. The predicted molar refractivity (Wildman–Crippen MR) is 126 cm³/mol. The van der Waals surface area contributed by atoms with E-state index in [0.717, 1.165) is 28.0 Å². The van der Waals surface area contributed by atoms with Gasteiger partial charge in [0.2, 0.25) is 0 Å². The van der Waals surface area contributed by atoms with Gasteiger partial charge >= 0.3 is 0 Å². The molecule has 0 aromatic heterocycles. The van der Waals surface area contributed by atoms with E-state index < -0.39 is 6.04 Å². The molecule has 4 nitrogen and oxygen atoms in total. The lowest BCUT2D eigenvalue weighted by molar-refractivity contribution is -0.180. The number of nitrogens with zero attached hydrogens (tertiary/aromatic N) is 2. The number of hydrogen-bond acceptors (Lipinski definition) is 3. The monoisotopic (exact) mass is 412 g/mol. The minimum atomic E-state index is -0.642. The first-order valence-electron chi connectivity index (χ1n) is 10.3. The Hall–Kier alpha value is -3.50. The minimum Gasteiger partial charge on any atom is -0.274 e. The van der Waals surface area contributed by atoms with E-state index in [-0.39, 0.29) is 5.91 Å². The van der Waals surface area contributed by atoms with Crippen LogP contribution < -0.4 is 0 Å². The fourth-order valence-electron chi connectivity index (χ4n) is 3.33. The van der Waals surface area contributed by atoms with Crippen molar-refractivity contribution in [3.05, 3.63) is 120 Å². The molecule has 0 fully saturated rings. The summed E-state index contributed by atoms with van der Waals surface area (Å²) in [4.78, 5) is 23.9. The van der Waals surface area contributed by atoms with E-state index in [4.69, 9.17) is 9.83 Å². The third-order valence-electron chi connectivity index (χ3n) is 4.84. The van der Waals surface area contributed by atoms with Crippen molar-refractivity contribution in [1.82, 2.24) is 5.06 Å². The van der Waals surface area contributed by atoms with Gasteiger partial charge in [-0.3, -0.25) is 14.6 Å². The summed E-state index contributed by atoms with van der Waals surface area (Å²) in [5, 5.41) is 1.38. The van der Waals surface area contributed by atoms with Crippen molar-refractivity contribution >= 4 is 11.6 Å². The van der Waals surface area contributed by atoms with Crippen molar-refractivity contribution in [1.29, 1.82) is 0 Å². The summed E-state index contributed by atoms with van der Waals surface area (Å²) in [7, 11) is 1.51. The van der Waals surface area contributed by atoms with Crippen molar-refractivity contribution in [2.75, 3.05) is 7.11 Å². The van der Waals surface area contributed by atoms with Gasteiger partial charge in [0.05, 0.1) is 19.4 Å². The molecule has 0 aliphatic carbocycles. The third kappa shape index (κ3) is 6.24. The zero-order valence-electron chi connectivity index (χ0n) is 18.1. The maximum atomic E-state index is 13.5. The van der Waals surface area contributed by atoms with Crippen LogP contribution in [0.1, 0.15) is 30.0 Å². The number of carbonyl (C=O) groups is 1.